The summed E-state index contributed by atoms with van der Waals surface area (Å²) in [6.45, 7) is 13.9. The Morgan fingerprint density at radius 2 is 1.73 bits per heavy atom. The molecule has 0 N–H and O–H groups in total. The molecule has 8 heteroatoms. The SMILES string of the molecule is C=C([C@@H](COCOC)N(CC(=O)OC)C(=O)OC(C)(C)C)[Si](C)(C)c1ccccc1. The average Bonchev–Trinajstić information content (AvgIpc) is 2.68. The maximum absolute atomic E-state index is 13.0. The second kappa shape index (κ2) is 11.3. The van der Waals surface area contributed by atoms with Crippen molar-refractivity contribution >= 4 is 25.3 Å². The summed E-state index contributed by atoms with van der Waals surface area (Å²) >= 11 is 0. The molecule has 1 rings (SSSR count). The van der Waals surface area contributed by atoms with Crippen molar-refractivity contribution in [2.24, 2.45) is 0 Å². The lowest BCUT2D eigenvalue weighted by atomic mass is 10.2. The summed E-state index contributed by atoms with van der Waals surface area (Å²) in [5.41, 5.74) is -0.725. The van der Waals surface area contributed by atoms with E-state index in [1.165, 1.54) is 19.1 Å². The van der Waals surface area contributed by atoms with Crippen LogP contribution in [-0.2, 0) is 23.7 Å². The van der Waals surface area contributed by atoms with E-state index in [4.69, 9.17) is 18.9 Å². The van der Waals surface area contributed by atoms with E-state index in [1.807, 2.05) is 18.2 Å². The lowest BCUT2D eigenvalue weighted by Crippen LogP contribution is -2.56. The molecular formula is C22H35NO6Si. The monoisotopic (exact) mass is 437 g/mol. The highest BCUT2D eigenvalue weighted by atomic mass is 28.3. The third-order valence-electron chi connectivity index (χ3n) is 4.71. The molecule has 0 radical (unpaired) electrons. The molecule has 0 saturated heterocycles. The van der Waals surface area contributed by atoms with Crippen LogP contribution in [0.2, 0.25) is 13.1 Å². The predicted molar refractivity (Wildman–Crippen MR) is 119 cm³/mol. The average molecular weight is 438 g/mol. The molecule has 1 atom stereocenters. The summed E-state index contributed by atoms with van der Waals surface area (Å²) in [5, 5.41) is 1.99. The Kier molecular flexibility index (Phi) is 9.74. The molecule has 0 aromatic heterocycles. The van der Waals surface area contributed by atoms with Gasteiger partial charge in [-0.1, -0.05) is 53.8 Å². The minimum atomic E-state index is -2.25. The van der Waals surface area contributed by atoms with E-state index in [0.717, 1.165) is 10.4 Å². The van der Waals surface area contributed by atoms with Gasteiger partial charge >= 0.3 is 12.1 Å². The Balaban J connectivity index is 3.34. The molecule has 0 heterocycles. The maximum atomic E-state index is 13.0. The first-order valence-corrected chi connectivity index (χ1v) is 12.8. The molecule has 1 amide bonds. The van der Waals surface area contributed by atoms with Gasteiger partial charge in [-0.25, -0.2) is 4.79 Å². The maximum Gasteiger partial charge on any atom is 0.411 e. The van der Waals surface area contributed by atoms with Gasteiger partial charge in [-0.15, -0.1) is 6.58 Å². The van der Waals surface area contributed by atoms with Crippen LogP contribution in [-0.4, -0.2) is 70.8 Å². The van der Waals surface area contributed by atoms with Crippen LogP contribution < -0.4 is 5.19 Å². The molecule has 1 aromatic carbocycles. The van der Waals surface area contributed by atoms with E-state index in [1.54, 1.807) is 20.8 Å². The van der Waals surface area contributed by atoms with Gasteiger partial charge in [-0.2, -0.15) is 0 Å². The summed E-state index contributed by atoms with van der Waals surface area (Å²) in [6, 6.07) is 9.45. The molecule has 0 fully saturated rings. The number of carbonyl (C=O) groups is 2. The Bertz CT molecular complexity index is 714. The molecule has 0 aliphatic carbocycles. The predicted octanol–water partition coefficient (Wildman–Crippen LogP) is 3.10. The quantitative estimate of drug-likeness (QED) is 0.242. The van der Waals surface area contributed by atoms with Crippen molar-refractivity contribution in [3.63, 3.8) is 0 Å². The van der Waals surface area contributed by atoms with Gasteiger partial charge in [0.15, 0.2) is 0 Å². The van der Waals surface area contributed by atoms with Crippen molar-refractivity contribution in [1.82, 2.24) is 4.90 Å². The van der Waals surface area contributed by atoms with Crippen molar-refractivity contribution < 1.29 is 28.5 Å². The van der Waals surface area contributed by atoms with Crippen molar-refractivity contribution in [2.75, 3.05) is 34.2 Å². The Morgan fingerprint density at radius 3 is 2.23 bits per heavy atom. The van der Waals surface area contributed by atoms with Crippen LogP contribution in [0.25, 0.3) is 0 Å². The molecule has 0 aliphatic rings. The summed E-state index contributed by atoms with van der Waals surface area (Å²) in [6.07, 6.45) is -0.627. The topological polar surface area (TPSA) is 74.3 Å². The number of hydrogen-bond donors (Lipinski definition) is 0. The zero-order valence-corrected chi connectivity index (χ0v) is 20.2. The highest BCUT2D eigenvalue weighted by Crippen LogP contribution is 2.24. The minimum absolute atomic E-state index is 0.0531. The van der Waals surface area contributed by atoms with Crippen LogP contribution in [0.3, 0.4) is 0 Å². The van der Waals surface area contributed by atoms with Crippen LogP contribution >= 0.6 is 0 Å². The van der Waals surface area contributed by atoms with Gasteiger partial charge in [-0.05, 0) is 20.8 Å². The molecule has 0 aliphatic heterocycles. The number of nitrogens with zero attached hydrogens (tertiary/aromatic N) is 1. The Morgan fingerprint density at radius 1 is 1.13 bits per heavy atom. The largest absolute Gasteiger partial charge is 0.468 e. The molecule has 0 bridgehead atoms. The van der Waals surface area contributed by atoms with Crippen LogP contribution in [0.5, 0.6) is 0 Å². The first-order chi connectivity index (χ1) is 13.9. The van der Waals surface area contributed by atoms with E-state index in [-0.39, 0.29) is 19.9 Å². The van der Waals surface area contributed by atoms with Crippen molar-refractivity contribution in [3.05, 3.63) is 42.1 Å². The highest BCUT2D eigenvalue weighted by molar-refractivity contribution is 6.95. The van der Waals surface area contributed by atoms with Crippen LogP contribution in [0.4, 0.5) is 4.79 Å². The second-order valence-electron chi connectivity index (χ2n) is 8.49. The third kappa shape index (κ3) is 7.59. The Labute approximate surface area is 180 Å². The van der Waals surface area contributed by atoms with Gasteiger partial charge in [0, 0.05) is 7.11 Å². The number of hydrogen-bond acceptors (Lipinski definition) is 6. The van der Waals surface area contributed by atoms with Crippen LogP contribution in [0, 0.1) is 0 Å². The molecule has 7 nitrogen and oxygen atoms in total. The van der Waals surface area contributed by atoms with Gasteiger partial charge < -0.3 is 18.9 Å². The summed E-state index contributed by atoms with van der Waals surface area (Å²) in [4.78, 5) is 26.5. The highest BCUT2D eigenvalue weighted by Gasteiger charge is 2.39. The minimum Gasteiger partial charge on any atom is -0.468 e. The van der Waals surface area contributed by atoms with E-state index in [0.29, 0.717) is 0 Å². The van der Waals surface area contributed by atoms with E-state index in [9.17, 15) is 9.59 Å². The van der Waals surface area contributed by atoms with Crippen molar-refractivity contribution in [1.29, 1.82) is 0 Å². The zero-order chi connectivity index (χ0) is 22.9. The second-order valence-corrected chi connectivity index (χ2v) is 13.0. The number of amides is 1. The Hall–Kier alpha value is -2.16. The molecule has 0 spiro atoms. The number of benzene rings is 1. The molecular weight excluding hydrogens is 402 g/mol. The van der Waals surface area contributed by atoms with Crippen LogP contribution in [0.15, 0.2) is 42.1 Å². The fourth-order valence-corrected chi connectivity index (χ4v) is 5.37. The van der Waals surface area contributed by atoms with Gasteiger partial charge in [0.25, 0.3) is 0 Å². The third-order valence-corrected chi connectivity index (χ3v) is 8.42. The van der Waals surface area contributed by atoms with Gasteiger partial charge in [0.1, 0.15) is 27.0 Å². The summed E-state index contributed by atoms with van der Waals surface area (Å²) in [7, 11) is 0.550. The van der Waals surface area contributed by atoms with Crippen molar-refractivity contribution in [2.45, 2.75) is 45.5 Å². The number of carbonyl (C=O) groups excluding carboxylic acids is 2. The number of ether oxygens (including phenoxy) is 4. The lowest BCUT2D eigenvalue weighted by molar-refractivity contribution is -0.142. The molecule has 30 heavy (non-hydrogen) atoms. The van der Waals surface area contributed by atoms with Gasteiger partial charge in [0.05, 0.1) is 19.8 Å². The fraction of sp³-hybridized carbons (Fsp3) is 0.545. The molecule has 0 saturated carbocycles. The molecule has 1 aromatic rings. The van der Waals surface area contributed by atoms with Gasteiger partial charge in [0.2, 0.25) is 0 Å². The van der Waals surface area contributed by atoms with E-state index >= 15 is 0 Å². The molecule has 0 unspecified atom stereocenters. The van der Waals surface area contributed by atoms with E-state index in [2.05, 4.69) is 31.8 Å². The summed E-state index contributed by atoms with van der Waals surface area (Å²) in [5.74, 6) is -0.551. The van der Waals surface area contributed by atoms with Crippen LogP contribution in [0.1, 0.15) is 20.8 Å². The first kappa shape index (κ1) is 25.9. The molecule has 168 valence electrons. The first-order valence-electron chi connectivity index (χ1n) is 9.82. The fourth-order valence-electron chi connectivity index (χ4n) is 2.90. The van der Waals surface area contributed by atoms with Gasteiger partial charge in [-0.3, -0.25) is 9.69 Å². The zero-order valence-electron chi connectivity index (χ0n) is 19.2. The standard InChI is InChI=1S/C22H35NO6Si/c1-17(30(7,8)18-12-10-9-11-13-18)19(15-28-16-26-5)23(14-20(24)27-6)21(25)29-22(2,3)4/h9-13,19H,1,14-16H2,2-8H3/t19-/m1/s1. The number of methoxy groups -OCH3 is 2. The number of esters is 1. The smallest absolute Gasteiger partial charge is 0.411 e. The number of rotatable bonds is 10. The lowest BCUT2D eigenvalue weighted by Gasteiger charge is -2.38. The normalized spacial score (nSPS) is 12.8. The van der Waals surface area contributed by atoms with E-state index < -0.39 is 31.8 Å². The van der Waals surface area contributed by atoms with Crippen molar-refractivity contribution in [3.8, 4) is 0 Å². The summed E-state index contributed by atoms with van der Waals surface area (Å²) < 4.78 is 21.0.